The SMILES string of the molecule is CCC(CC)c1cc(C(=O)NC2CCNCC2C)on1.Cl. The molecule has 1 saturated heterocycles. The number of hydrogen-bond donors (Lipinski definition) is 2. The Hall–Kier alpha value is -1.07. The van der Waals surface area contributed by atoms with Crippen molar-refractivity contribution in [3.05, 3.63) is 17.5 Å². The molecule has 1 aromatic rings. The van der Waals surface area contributed by atoms with E-state index in [4.69, 9.17) is 4.52 Å². The van der Waals surface area contributed by atoms with Gasteiger partial charge in [-0.1, -0.05) is 25.9 Å². The summed E-state index contributed by atoms with van der Waals surface area (Å²) in [5.41, 5.74) is 0.888. The van der Waals surface area contributed by atoms with Crippen molar-refractivity contribution in [2.75, 3.05) is 13.1 Å². The average Bonchev–Trinajstić information content (AvgIpc) is 2.92. The molecule has 6 heteroatoms. The van der Waals surface area contributed by atoms with Crippen molar-refractivity contribution in [1.82, 2.24) is 15.8 Å². The van der Waals surface area contributed by atoms with Gasteiger partial charge in [0.2, 0.25) is 5.76 Å². The molecule has 2 rings (SSSR count). The molecule has 2 unspecified atom stereocenters. The van der Waals surface area contributed by atoms with Crippen LogP contribution in [0.5, 0.6) is 0 Å². The molecule has 0 spiro atoms. The van der Waals surface area contributed by atoms with Gasteiger partial charge in [-0.3, -0.25) is 4.79 Å². The molecule has 5 nitrogen and oxygen atoms in total. The van der Waals surface area contributed by atoms with Crippen LogP contribution in [0.25, 0.3) is 0 Å². The van der Waals surface area contributed by atoms with E-state index >= 15 is 0 Å². The first kappa shape index (κ1) is 18.0. The number of nitrogens with one attached hydrogen (secondary N) is 2. The van der Waals surface area contributed by atoms with E-state index in [1.807, 2.05) is 0 Å². The predicted octanol–water partition coefficient (Wildman–Crippen LogP) is 2.73. The zero-order chi connectivity index (χ0) is 14.5. The van der Waals surface area contributed by atoms with E-state index in [0.717, 1.165) is 38.0 Å². The molecule has 0 bridgehead atoms. The van der Waals surface area contributed by atoms with Crippen LogP contribution in [0.2, 0.25) is 0 Å². The van der Waals surface area contributed by atoms with Crippen molar-refractivity contribution in [2.45, 2.75) is 52.0 Å². The van der Waals surface area contributed by atoms with Crippen molar-refractivity contribution in [1.29, 1.82) is 0 Å². The van der Waals surface area contributed by atoms with E-state index < -0.39 is 0 Å². The zero-order valence-electron chi connectivity index (χ0n) is 13.0. The van der Waals surface area contributed by atoms with E-state index in [1.54, 1.807) is 6.07 Å². The maximum Gasteiger partial charge on any atom is 0.290 e. The molecular formula is C15H26ClN3O2. The van der Waals surface area contributed by atoms with Gasteiger partial charge in [0.15, 0.2) is 0 Å². The van der Waals surface area contributed by atoms with Gasteiger partial charge in [-0.25, -0.2) is 0 Å². The smallest absolute Gasteiger partial charge is 0.290 e. The Labute approximate surface area is 132 Å². The van der Waals surface area contributed by atoms with E-state index in [0.29, 0.717) is 17.6 Å². The third-order valence-electron chi connectivity index (χ3n) is 4.26. The monoisotopic (exact) mass is 315 g/mol. The number of carbonyl (C=O) groups is 1. The van der Waals surface area contributed by atoms with Crippen LogP contribution in [-0.2, 0) is 0 Å². The first-order chi connectivity index (χ1) is 9.65. The highest BCUT2D eigenvalue weighted by Gasteiger charge is 2.25. The van der Waals surface area contributed by atoms with Crippen LogP contribution in [-0.4, -0.2) is 30.2 Å². The number of carbonyl (C=O) groups excluding carboxylic acids is 1. The standard InChI is InChI=1S/C15H25N3O2.ClH/c1-4-11(5-2)13-8-14(20-18-13)15(19)17-12-6-7-16-9-10(12)3;/h8,10-12,16H,4-7,9H2,1-3H3,(H,17,19);1H. The number of piperidine rings is 1. The van der Waals surface area contributed by atoms with Crippen LogP contribution in [0.3, 0.4) is 0 Å². The largest absolute Gasteiger partial charge is 0.351 e. The maximum absolute atomic E-state index is 12.2. The molecule has 0 saturated carbocycles. The van der Waals surface area contributed by atoms with Gasteiger partial charge in [-0.2, -0.15) is 0 Å². The molecule has 1 fully saturated rings. The summed E-state index contributed by atoms with van der Waals surface area (Å²) >= 11 is 0. The Bertz CT molecular complexity index is 446. The van der Waals surface area contributed by atoms with Crippen molar-refractivity contribution in [3.8, 4) is 0 Å². The molecular weight excluding hydrogens is 290 g/mol. The molecule has 2 N–H and O–H groups in total. The van der Waals surface area contributed by atoms with Crippen molar-refractivity contribution in [3.63, 3.8) is 0 Å². The van der Waals surface area contributed by atoms with Crippen molar-refractivity contribution >= 4 is 18.3 Å². The van der Waals surface area contributed by atoms with Crippen molar-refractivity contribution < 1.29 is 9.32 Å². The molecule has 120 valence electrons. The second kappa shape index (κ2) is 8.39. The first-order valence-electron chi connectivity index (χ1n) is 7.63. The van der Waals surface area contributed by atoms with Gasteiger partial charge in [-0.05, 0) is 38.3 Å². The summed E-state index contributed by atoms with van der Waals surface area (Å²) in [6.07, 6.45) is 2.98. The molecule has 21 heavy (non-hydrogen) atoms. The lowest BCUT2D eigenvalue weighted by atomic mass is 9.95. The molecule has 1 aromatic heterocycles. The molecule has 1 aliphatic rings. The summed E-state index contributed by atoms with van der Waals surface area (Å²) in [4.78, 5) is 12.2. The molecule has 1 aliphatic heterocycles. The lowest BCUT2D eigenvalue weighted by molar-refractivity contribution is 0.0876. The third-order valence-corrected chi connectivity index (χ3v) is 4.26. The van der Waals surface area contributed by atoms with Gasteiger partial charge < -0.3 is 15.2 Å². The zero-order valence-corrected chi connectivity index (χ0v) is 13.8. The summed E-state index contributed by atoms with van der Waals surface area (Å²) in [6.45, 7) is 8.29. The van der Waals surface area contributed by atoms with E-state index in [1.165, 1.54) is 0 Å². The maximum atomic E-state index is 12.2. The Morgan fingerprint density at radius 2 is 2.24 bits per heavy atom. The summed E-state index contributed by atoms with van der Waals surface area (Å²) in [6, 6.07) is 2.00. The van der Waals surface area contributed by atoms with Gasteiger partial charge in [0.25, 0.3) is 5.91 Å². The fourth-order valence-corrected chi connectivity index (χ4v) is 2.76. The van der Waals surface area contributed by atoms with Crippen LogP contribution in [0.15, 0.2) is 10.6 Å². The van der Waals surface area contributed by atoms with Crippen LogP contribution in [0, 0.1) is 5.92 Å². The Morgan fingerprint density at radius 3 is 2.86 bits per heavy atom. The van der Waals surface area contributed by atoms with Gasteiger partial charge in [0.1, 0.15) is 0 Å². The van der Waals surface area contributed by atoms with Crippen LogP contribution in [0.4, 0.5) is 0 Å². The highest BCUT2D eigenvalue weighted by atomic mass is 35.5. The van der Waals surface area contributed by atoms with Crippen LogP contribution >= 0.6 is 12.4 Å². The Kier molecular flexibility index (Phi) is 7.18. The summed E-state index contributed by atoms with van der Waals surface area (Å²) in [7, 11) is 0. The van der Waals surface area contributed by atoms with Gasteiger partial charge in [0.05, 0.1) is 5.69 Å². The summed E-state index contributed by atoms with van der Waals surface area (Å²) in [5.74, 6) is 0.998. The second-order valence-corrected chi connectivity index (χ2v) is 5.68. The minimum Gasteiger partial charge on any atom is -0.351 e. The molecule has 1 amide bonds. The normalized spacial score (nSPS) is 21.9. The lowest BCUT2D eigenvalue weighted by Gasteiger charge is -2.29. The first-order valence-corrected chi connectivity index (χ1v) is 7.63. The number of amides is 1. The molecule has 0 aromatic carbocycles. The summed E-state index contributed by atoms with van der Waals surface area (Å²) < 4.78 is 5.21. The highest BCUT2D eigenvalue weighted by Crippen LogP contribution is 2.22. The number of rotatable bonds is 5. The number of halogens is 1. The topological polar surface area (TPSA) is 67.2 Å². The van der Waals surface area contributed by atoms with Crippen molar-refractivity contribution in [2.24, 2.45) is 5.92 Å². The van der Waals surface area contributed by atoms with Crippen LogP contribution in [0.1, 0.15) is 62.2 Å². The number of hydrogen-bond acceptors (Lipinski definition) is 4. The average molecular weight is 316 g/mol. The molecule has 0 radical (unpaired) electrons. The van der Waals surface area contributed by atoms with E-state index in [2.05, 4.69) is 36.6 Å². The lowest BCUT2D eigenvalue weighted by Crippen LogP contribution is -2.48. The molecule has 2 atom stereocenters. The molecule has 0 aliphatic carbocycles. The van der Waals surface area contributed by atoms with Gasteiger partial charge >= 0.3 is 0 Å². The van der Waals surface area contributed by atoms with E-state index in [-0.39, 0.29) is 24.4 Å². The van der Waals surface area contributed by atoms with Gasteiger partial charge in [-0.15, -0.1) is 12.4 Å². The van der Waals surface area contributed by atoms with Gasteiger partial charge in [0, 0.05) is 18.0 Å². The predicted molar refractivity (Wildman–Crippen MR) is 85.0 cm³/mol. The minimum absolute atomic E-state index is 0. The quantitative estimate of drug-likeness (QED) is 0.876. The summed E-state index contributed by atoms with van der Waals surface area (Å²) in [5, 5.41) is 10.4. The molecule has 2 heterocycles. The second-order valence-electron chi connectivity index (χ2n) is 5.68. The fourth-order valence-electron chi connectivity index (χ4n) is 2.76. The fraction of sp³-hybridized carbons (Fsp3) is 0.733. The number of aromatic nitrogens is 1. The van der Waals surface area contributed by atoms with Crippen LogP contribution < -0.4 is 10.6 Å². The Balaban J connectivity index is 0.00000220. The Morgan fingerprint density at radius 1 is 1.52 bits per heavy atom. The third kappa shape index (κ3) is 4.45. The highest BCUT2D eigenvalue weighted by molar-refractivity contribution is 5.91. The number of nitrogens with zero attached hydrogens (tertiary/aromatic N) is 1. The minimum atomic E-state index is -0.145. The van der Waals surface area contributed by atoms with E-state index in [9.17, 15) is 4.79 Å².